The molecule has 4 rings (SSSR count). The van der Waals surface area contributed by atoms with E-state index < -0.39 is 0 Å². The summed E-state index contributed by atoms with van der Waals surface area (Å²) >= 11 is 2.46. The molecule has 0 aromatic heterocycles. The van der Waals surface area contributed by atoms with Crippen molar-refractivity contribution in [3.05, 3.63) is 11.6 Å². The van der Waals surface area contributed by atoms with Crippen molar-refractivity contribution in [2.45, 2.75) is 68.8 Å². The highest BCUT2D eigenvalue weighted by molar-refractivity contribution is 14.1. The Morgan fingerprint density at radius 2 is 1.82 bits per heavy atom. The third-order valence-corrected chi connectivity index (χ3v) is 9.33. The van der Waals surface area contributed by atoms with Crippen LogP contribution in [0.5, 0.6) is 0 Å². The van der Waals surface area contributed by atoms with Crippen molar-refractivity contribution < 1.29 is 9.90 Å². The number of aliphatic hydroxyl groups excluding tert-OH is 1. The van der Waals surface area contributed by atoms with Gasteiger partial charge in [0.15, 0.2) is 0 Å². The van der Waals surface area contributed by atoms with E-state index in [9.17, 15) is 9.90 Å². The van der Waals surface area contributed by atoms with Crippen LogP contribution >= 0.6 is 22.6 Å². The Labute approximate surface area is 147 Å². The third kappa shape index (κ3) is 1.90. The first-order valence-corrected chi connectivity index (χ1v) is 10.2. The van der Waals surface area contributed by atoms with Crippen LogP contribution in [0.15, 0.2) is 11.6 Å². The first-order chi connectivity index (χ1) is 10.4. The summed E-state index contributed by atoms with van der Waals surface area (Å²) in [6.45, 7) is 4.70. The number of alkyl halides is 1. The second-order valence-corrected chi connectivity index (χ2v) is 9.96. The molecule has 4 aliphatic carbocycles. The molecule has 3 heteroatoms. The van der Waals surface area contributed by atoms with E-state index in [-0.39, 0.29) is 20.9 Å². The number of carbonyl (C=O) groups excluding carboxylic acids is 1. The average Bonchev–Trinajstić information content (AvgIpc) is 2.79. The number of allylic oxidation sites excluding steroid dienone is 1. The number of halogens is 1. The van der Waals surface area contributed by atoms with Gasteiger partial charge in [0.2, 0.25) is 0 Å². The molecule has 3 saturated carbocycles. The molecular weight excluding hydrogens is 387 g/mol. The average molecular weight is 414 g/mol. The first kappa shape index (κ1) is 15.6. The van der Waals surface area contributed by atoms with Crippen LogP contribution in [0.3, 0.4) is 0 Å². The molecule has 22 heavy (non-hydrogen) atoms. The maximum Gasteiger partial charge on any atom is 0.139 e. The number of Topliss-reactive ketones (excluding diaryl/α,β-unsaturated/α-hetero) is 1. The predicted molar refractivity (Wildman–Crippen MR) is 95.9 cm³/mol. The van der Waals surface area contributed by atoms with Gasteiger partial charge < -0.3 is 5.11 Å². The molecule has 0 aromatic rings. The lowest BCUT2D eigenvalue weighted by molar-refractivity contribution is -0.131. The van der Waals surface area contributed by atoms with Crippen LogP contribution in [-0.2, 0) is 4.79 Å². The molecule has 1 N–H and O–H groups in total. The highest BCUT2D eigenvalue weighted by atomic mass is 127. The molecule has 122 valence electrons. The van der Waals surface area contributed by atoms with E-state index in [1.54, 1.807) is 0 Å². The fourth-order valence-corrected chi connectivity index (χ4v) is 7.77. The molecule has 4 aliphatic rings. The van der Waals surface area contributed by atoms with Crippen molar-refractivity contribution in [1.82, 2.24) is 0 Å². The van der Waals surface area contributed by atoms with Gasteiger partial charge in [-0.25, -0.2) is 0 Å². The van der Waals surface area contributed by atoms with Gasteiger partial charge in [0, 0.05) is 11.8 Å². The summed E-state index contributed by atoms with van der Waals surface area (Å²) in [5, 5.41) is 10.3. The van der Waals surface area contributed by atoms with Gasteiger partial charge in [-0.05, 0) is 61.7 Å². The topological polar surface area (TPSA) is 37.3 Å². The minimum Gasteiger partial charge on any atom is -0.392 e. The number of ketones is 1. The minimum absolute atomic E-state index is 0.0270. The van der Waals surface area contributed by atoms with Crippen molar-refractivity contribution in [3.8, 4) is 0 Å². The van der Waals surface area contributed by atoms with Gasteiger partial charge in [0.05, 0.1) is 10.0 Å². The van der Waals surface area contributed by atoms with Crippen LogP contribution in [0.1, 0.15) is 58.8 Å². The zero-order valence-corrected chi connectivity index (χ0v) is 15.8. The molecule has 0 bridgehead atoms. The van der Waals surface area contributed by atoms with Gasteiger partial charge in [0.1, 0.15) is 5.78 Å². The van der Waals surface area contributed by atoms with Gasteiger partial charge >= 0.3 is 0 Å². The maximum absolute atomic E-state index is 12.4. The van der Waals surface area contributed by atoms with Crippen LogP contribution in [0.2, 0.25) is 0 Å². The standard InChI is InChI=1S/C19H27IO2/c1-18-10-8-15(21)17(20)14(18)4-3-11-12-5-6-16(22)19(12,2)9-7-13(11)18/h4,11-13,15,17,21H,3,5-10H2,1-2H3/t11-,12-,13-,15-,17?,18+,19-/m0/s1. The van der Waals surface area contributed by atoms with E-state index in [0.29, 0.717) is 17.6 Å². The van der Waals surface area contributed by atoms with E-state index in [2.05, 4.69) is 42.5 Å². The van der Waals surface area contributed by atoms with Gasteiger partial charge in [-0.1, -0.05) is 48.1 Å². The molecule has 1 unspecified atom stereocenters. The van der Waals surface area contributed by atoms with Crippen molar-refractivity contribution >= 4 is 28.4 Å². The van der Waals surface area contributed by atoms with E-state index >= 15 is 0 Å². The molecule has 7 atom stereocenters. The van der Waals surface area contributed by atoms with Gasteiger partial charge in [-0.2, -0.15) is 0 Å². The van der Waals surface area contributed by atoms with Crippen LogP contribution in [0, 0.1) is 28.6 Å². The largest absolute Gasteiger partial charge is 0.392 e. The molecular formula is C19H27IO2. The lowest BCUT2D eigenvalue weighted by atomic mass is 9.48. The lowest BCUT2D eigenvalue weighted by Crippen LogP contribution is -2.52. The maximum atomic E-state index is 12.4. The van der Waals surface area contributed by atoms with Crippen molar-refractivity contribution in [2.24, 2.45) is 28.6 Å². The van der Waals surface area contributed by atoms with Crippen LogP contribution in [-0.4, -0.2) is 20.9 Å². The van der Waals surface area contributed by atoms with E-state index in [0.717, 1.165) is 44.4 Å². The molecule has 0 aromatic carbocycles. The molecule has 0 spiro atoms. The summed E-state index contributed by atoms with van der Waals surface area (Å²) in [5.74, 6) is 2.55. The number of aliphatic hydroxyl groups is 1. The Balaban J connectivity index is 1.71. The highest BCUT2D eigenvalue weighted by Gasteiger charge is 2.59. The second kappa shape index (κ2) is 5.05. The quantitative estimate of drug-likeness (QED) is 0.365. The van der Waals surface area contributed by atoms with Crippen molar-refractivity contribution in [3.63, 3.8) is 0 Å². The number of hydrogen-bond donors (Lipinski definition) is 1. The molecule has 2 nitrogen and oxygen atoms in total. The Kier molecular flexibility index (Phi) is 3.58. The summed E-state index contributed by atoms with van der Waals surface area (Å²) < 4.78 is 0.288. The van der Waals surface area contributed by atoms with Crippen molar-refractivity contribution in [2.75, 3.05) is 0 Å². The molecule has 0 aliphatic heterocycles. The Bertz CT molecular complexity index is 542. The fourth-order valence-electron chi connectivity index (χ4n) is 6.45. The van der Waals surface area contributed by atoms with Gasteiger partial charge in [-0.3, -0.25) is 4.79 Å². The van der Waals surface area contributed by atoms with Crippen LogP contribution < -0.4 is 0 Å². The summed E-state index contributed by atoms with van der Waals surface area (Å²) in [7, 11) is 0. The molecule has 0 radical (unpaired) electrons. The number of carbonyl (C=O) groups is 1. The normalized spacial score (nSPS) is 54.3. The second-order valence-electron chi connectivity index (χ2n) is 8.62. The monoisotopic (exact) mass is 414 g/mol. The number of fused-ring (bicyclic) bond motifs is 5. The summed E-state index contributed by atoms with van der Waals surface area (Å²) in [6, 6.07) is 0. The van der Waals surface area contributed by atoms with Gasteiger partial charge in [0.25, 0.3) is 0 Å². The van der Waals surface area contributed by atoms with Crippen molar-refractivity contribution in [1.29, 1.82) is 0 Å². The number of rotatable bonds is 0. The van der Waals surface area contributed by atoms with Gasteiger partial charge in [-0.15, -0.1) is 0 Å². The smallest absolute Gasteiger partial charge is 0.139 e. The Morgan fingerprint density at radius 3 is 2.59 bits per heavy atom. The zero-order valence-electron chi connectivity index (χ0n) is 13.6. The van der Waals surface area contributed by atoms with E-state index in [1.807, 2.05) is 0 Å². The fraction of sp³-hybridized carbons (Fsp3) is 0.842. The van der Waals surface area contributed by atoms with E-state index in [1.165, 1.54) is 12.0 Å². The number of hydrogen-bond acceptors (Lipinski definition) is 2. The van der Waals surface area contributed by atoms with Crippen LogP contribution in [0.25, 0.3) is 0 Å². The molecule has 0 saturated heterocycles. The molecule has 0 heterocycles. The molecule has 0 amide bonds. The minimum atomic E-state index is -0.168. The summed E-state index contributed by atoms with van der Waals surface area (Å²) in [4.78, 5) is 12.4. The predicted octanol–water partition coefficient (Wildman–Crippen LogP) is 4.29. The van der Waals surface area contributed by atoms with E-state index in [4.69, 9.17) is 0 Å². The van der Waals surface area contributed by atoms with Crippen LogP contribution in [0.4, 0.5) is 0 Å². The molecule has 3 fully saturated rings. The Hall–Kier alpha value is 0.1000. The summed E-state index contributed by atoms with van der Waals surface area (Å²) in [5.41, 5.74) is 1.75. The SMILES string of the molecule is C[C@]12CC[C@H](O)C(I)C1=CC[C@@H]1[C@@H]2CC[C@]2(C)C(=O)CC[C@@H]12. The lowest BCUT2D eigenvalue weighted by Gasteiger charge is -2.57. The third-order valence-electron chi connectivity index (χ3n) is 7.83. The Morgan fingerprint density at radius 1 is 1.14 bits per heavy atom. The first-order valence-electron chi connectivity index (χ1n) is 8.94. The zero-order chi connectivity index (χ0) is 15.7. The summed E-state index contributed by atoms with van der Waals surface area (Å²) in [6.07, 6.45) is 9.70. The highest BCUT2D eigenvalue weighted by Crippen LogP contribution is 2.64.